The predicted octanol–water partition coefficient (Wildman–Crippen LogP) is 2.17. The predicted molar refractivity (Wildman–Crippen MR) is 76.6 cm³/mol. The van der Waals surface area contributed by atoms with E-state index >= 15 is 0 Å². The second-order valence-electron chi connectivity index (χ2n) is 5.00. The number of nitrogens with one attached hydrogen (secondary N) is 1. The first kappa shape index (κ1) is 13.8. The molecule has 0 radical (unpaired) electrons. The topological polar surface area (TPSA) is 58.1 Å². The van der Waals surface area contributed by atoms with Gasteiger partial charge in [0, 0.05) is 25.6 Å². The van der Waals surface area contributed by atoms with E-state index in [1.165, 1.54) is 0 Å². The molecule has 19 heavy (non-hydrogen) atoms. The number of carbonyl (C=O) groups excluding carboxylic acids is 1. The van der Waals surface area contributed by atoms with Crippen LogP contribution in [0.3, 0.4) is 0 Å². The molecule has 0 aromatic carbocycles. The Labute approximate surface area is 114 Å². The van der Waals surface area contributed by atoms with Gasteiger partial charge in [0.25, 0.3) is 0 Å². The Morgan fingerprint density at radius 2 is 2.26 bits per heavy atom. The molecular formula is C14H22N4O. The molecule has 5 nitrogen and oxygen atoms in total. The second kappa shape index (κ2) is 6.50. The molecule has 1 aromatic heterocycles. The van der Waals surface area contributed by atoms with Crippen molar-refractivity contribution in [3.05, 3.63) is 11.9 Å². The standard InChI is InChI=1S/C14H22N4O/c1-3-4-7-15-13-9-14(17-11(2)16-13)18-8-5-6-12(19)10-18/h9H,3-8,10H2,1-2H3,(H,15,16,17). The lowest BCUT2D eigenvalue weighted by Crippen LogP contribution is -2.36. The van der Waals surface area contributed by atoms with E-state index < -0.39 is 0 Å². The lowest BCUT2D eigenvalue weighted by atomic mass is 10.1. The number of unbranched alkanes of at least 4 members (excludes halogenated alkanes) is 1. The van der Waals surface area contributed by atoms with Gasteiger partial charge in [-0.05, 0) is 19.8 Å². The molecule has 0 saturated carbocycles. The van der Waals surface area contributed by atoms with Crippen molar-refractivity contribution >= 4 is 17.4 Å². The van der Waals surface area contributed by atoms with Gasteiger partial charge >= 0.3 is 0 Å². The molecular weight excluding hydrogens is 240 g/mol. The van der Waals surface area contributed by atoms with Crippen LogP contribution in [0, 0.1) is 6.92 Å². The minimum atomic E-state index is 0.294. The van der Waals surface area contributed by atoms with Crippen LogP contribution in [0.15, 0.2) is 6.07 Å². The van der Waals surface area contributed by atoms with Crippen molar-refractivity contribution in [1.82, 2.24) is 9.97 Å². The normalized spacial score (nSPS) is 15.7. The van der Waals surface area contributed by atoms with Crippen LogP contribution in [0.4, 0.5) is 11.6 Å². The molecule has 1 saturated heterocycles. The van der Waals surface area contributed by atoms with Gasteiger partial charge in [-0.15, -0.1) is 0 Å². The molecule has 0 aliphatic carbocycles. The summed E-state index contributed by atoms with van der Waals surface area (Å²) in [6.45, 7) is 6.35. The maximum atomic E-state index is 11.5. The summed E-state index contributed by atoms with van der Waals surface area (Å²) >= 11 is 0. The maximum absolute atomic E-state index is 11.5. The zero-order valence-electron chi connectivity index (χ0n) is 11.8. The number of aryl methyl sites for hydroxylation is 1. The van der Waals surface area contributed by atoms with Crippen LogP contribution in [0.25, 0.3) is 0 Å². The Morgan fingerprint density at radius 3 is 3.00 bits per heavy atom. The van der Waals surface area contributed by atoms with Gasteiger partial charge in [-0.3, -0.25) is 4.79 Å². The highest BCUT2D eigenvalue weighted by Crippen LogP contribution is 2.19. The van der Waals surface area contributed by atoms with Gasteiger partial charge in [0.05, 0.1) is 6.54 Å². The molecule has 0 spiro atoms. The summed E-state index contributed by atoms with van der Waals surface area (Å²) in [6.07, 6.45) is 3.90. The van der Waals surface area contributed by atoms with E-state index in [-0.39, 0.29) is 0 Å². The quantitative estimate of drug-likeness (QED) is 0.824. The molecule has 0 atom stereocenters. The molecule has 0 unspecified atom stereocenters. The van der Waals surface area contributed by atoms with Crippen LogP contribution >= 0.6 is 0 Å². The summed E-state index contributed by atoms with van der Waals surface area (Å²) in [4.78, 5) is 22.4. The van der Waals surface area contributed by atoms with Crippen LogP contribution in [0.5, 0.6) is 0 Å². The molecule has 0 bridgehead atoms. The SMILES string of the molecule is CCCCNc1cc(N2CCCC(=O)C2)nc(C)n1. The van der Waals surface area contributed by atoms with Crippen LogP contribution in [-0.4, -0.2) is 35.4 Å². The van der Waals surface area contributed by atoms with Crippen molar-refractivity contribution in [3.8, 4) is 0 Å². The Kier molecular flexibility index (Phi) is 4.71. The number of Topliss-reactive ketones (excluding diaryl/α,β-unsaturated/α-hetero) is 1. The van der Waals surface area contributed by atoms with E-state index in [1.807, 2.05) is 17.9 Å². The van der Waals surface area contributed by atoms with Crippen molar-refractivity contribution < 1.29 is 4.79 Å². The van der Waals surface area contributed by atoms with E-state index in [4.69, 9.17) is 0 Å². The van der Waals surface area contributed by atoms with Crippen LogP contribution in [0.1, 0.15) is 38.4 Å². The fourth-order valence-electron chi connectivity index (χ4n) is 2.23. The molecule has 1 N–H and O–H groups in total. The van der Waals surface area contributed by atoms with Crippen molar-refractivity contribution in [2.45, 2.75) is 39.5 Å². The first-order chi connectivity index (χ1) is 9.19. The third-order valence-electron chi connectivity index (χ3n) is 3.24. The van der Waals surface area contributed by atoms with Crippen molar-refractivity contribution in [3.63, 3.8) is 0 Å². The third-order valence-corrected chi connectivity index (χ3v) is 3.24. The van der Waals surface area contributed by atoms with Crippen molar-refractivity contribution in [2.24, 2.45) is 0 Å². The maximum Gasteiger partial charge on any atom is 0.152 e. The Morgan fingerprint density at radius 1 is 1.42 bits per heavy atom. The molecule has 1 aromatic rings. The number of hydrogen-bond donors (Lipinski definition) is 1. The summed E-state index contributed by atoms with van der Waals surface area (Å²) in [7, 11) is 0. The monoisotopic (exact) mass is 262 g/mol. The van der Waals surface area contributed by atoms with E-state index in [0.717, 1.165) is 49.8 Å². The summed E-state index contributed by atoms with van der Waals surface area (Å²) in [5.41, 5.74) is 0. The zero-order valence-corrected chi connectivity index (χ0v) is 11.8. The average molecular weight is 262 g/mol. The van der Waals surface area contributed by atoms with Crippen LogP contribution < -0.4 is 10.2 Å². The highest BCUT2D eigenvalue weighted by Gasteiger charge is 2.18. The summed E-state index contributed by atoms with van der Waals surface area (Å²) < 4.78 is 0. The lowest BCUT2D eigenvalue weighted by molar-refractivity contribution is -0.118. The molecule has 1 fully saturated rings. The van der Waals surface area contributed by atoms with Crippen LogP contribution in [-0.2, 0) is 4.79 Å². The Bertz CT molecular complexity index is 447. The number of anilines is 2. The van der Waals surface area contributed by atoms with Crippen molar-refractivity contribution in [1.29, 1.82) is 0 Å². The largest absolute Gasteiger partial charge is 0.370 e. The van der Waals surface area contributed by atoms with Gasteiger partial charge in [0.15, 0.2) is 5.78 Å². The van der Waals surface area contributed by atoms with E-state index in [9.17, 15) is 4.79 Å². The van der Waals surface area contributed by atoms with Gasteiger partial charge in [-0.25, -0.2) is 9.97 Å². The first-order valence-corrected chi connectivity index (χ1v) is 7.05. The Hall–Kier alpha value is -1.65. The number of rotatable bonds is 5. The first-order valence-electron chi connectivity index (χ1n) is 7.05. The second-order valence-corrected chi connectivity index (χ2v) is 5.00. The number of nitrogens with zero attached hydrogens (tertiary/aromatic N) is 3. The highest BCUT2D eigenvalue weighted by atomic mass is 16.1. The number of aromatic nitrogens is 2. The number of carbonyl (C=O) groups is 1. The number of hydrogen-bond acceptors (Lipinski definition) is 5. The number of ketones is 1. The Balaban J connectivity index is 2.09. The summed E-state index contributed by atoms with van der Waals surface area (Å²) in [5.74, 6) is 2.76. The van der Waals surface area contributed by atoms with Gasteiger partial charge in [-0.1, -0.05) is 13.3 Å². The fraction of sp³-hybridized carbons (Fsp3) is 0.643. The molecule has 1 aliphatic rings. The van der Waals surface area contributed by atoms with Gasteiger partial charge in [0.1, 0.15) is 17.5 Å². The van der Waals surface area contributed by atoms with Gasteiger partial charge < -0.3 is 10.2 Å². The smallest absolute Gasteiger partial charge is 0.152 e. The van der Waals surface area contributed by atoms with Gasteiger partial charge in [0.2, 0.25) is 0 Å². The van der Waals surface area contributed by atoms with Crippen LogP contribution in [0.2, 0.25) is 0 Å². The molecule has 2 heterocycles. The zero-order chi connectivity index (χ0) is 13.7. The molecule has 2 rings (SSSR count). The lowest BCUT2D eigenvalue weighted by Gasteiger charge is -2.27. The number of piperidine rings is 1. The van der Waals surface area contributed by atoms with E-state index in [0.29, 0.717) is 18.7 Å². The molecule has 1 aliphatic heterocycles. The third kappa shape index (κ3) is 3.91. The molecule has 104 valence electrons. The van der Waals surface area contributed by atoms with Crippen molar-refractivity contribution in [2.75, 3.05) is 29.9 Å². The highest BCUT2D eigenvalue weighted by molar-refractivity contribution is 5.84. The van der Waals surface area contributed by atoms with E-state index in [2.05, 4.69) is 22.2 Å². The fourth-order valence-corrected chi connectivity index (χ4v) is 2.23. The minimum Gasteiger partial charge on any atom is -0.370 e. The average Bonchev–Trinajstić information content (AvgIpc) is 2.38. The molecule has 0 amide bonds. The van der Waals surface area contributed by atoms with Gasteiger partial charge in [-0.2, -0.15) is 0 Å². The summed E-state index contributed by atoms with van der Waals surface area (Å²) in [6, 6.07) is 1.95. The van der Waals surface area contributed by atoms with E-state index in [1.54, 1.807) is 0 Å². The molecule has 5 heteroatoms. The summed E-state index contributed by atoms with van der Waals surface area (Å²) in [5, 5.41) is 3.31. The minimum absolute atomic E-state index is 0.294.